The first-order valence-electron chi connectivity index (χ1n) is 6.84. The molecule has 0 saturated carbocycles. The van der Waals surface area contributed by atoms with Crippen molar-refractivity contribution in [2.24, 2.45) is 0 Å². The van der Waals surface area contributed by atoms with Gasteiger partial charge < -0.3 is 9.47 Å². The lowest BCUT2D eigenvalue weighted by Gasteiger charge is -2.26. The van der Waals surface area contributed by atoms with Gasteiger partial charge >= 0.3 is 12.1 Å². The molecule has 0 fully saturated rings. The number of esters is 1. The van der Waals surface area contributed by atoms with E-state index < -0.39 is 24.0 Å². The van der Waals surface area contributed by atoms with Gasteiger partial charge in [0.25, 0.3) is 5.91 Å². The Morgan fingerprint density at radius 1 is 1.09 bits per heavy atom. The van der Waals surface area contributed by atoms with Crippen LogP contribution in [0.25, 0.3) is 0 Å². The van der Waals surface area contributed by atoms with Crippen molar-refractivity contribution in [1.29, 1.82) is 0 Å². The summed E-state index contributed by atoms with van der Waals surface area (Å²) in [5, 5.41) is 0. The molecule has 0 aliphatic rings. The summed E-state index contributed by atoms with van der Waals surface area (Å²) in [5.74, 6) is -1.22. The molecule has 1 aromatic rings. The van der Waals surface area contributed by atoms with Crippen molar-refractivity contribution in [1.82, 2.24) is 4.90 Å². The van der Waals surface area contributed by atoms with Crippen molar-refractivity contribution in [3.63, 3.8) is 0 Å². The Balaban J connectivity index is 3.14. The molecule has 7 heteroatoms. The molecule has 0 aromatic heterocycles. The number of nitrogens with zero attached hydrogens (tertiary/aromatic N) is 1. The van der Waals surface area contributed by atoms with Crippen LogP contribution in [0.2, 0.25) is 0 Å². The SMILES string of the molecule is CCOC(=O)[C@H](CI)N(C(=O)OCC)C(=O)c1ccccc1. The summed E-state index contributed by atoms with van der Waals surface area (Å²) in [6.07, 6.45) is -0.855. The summed E-state index contributed by atoms with van der Waals surface area (Å²) in [5.41, 5.74) is 0.301. The minimum Gasteiger partial charge on any atom is -0.464 e. The molecule has 2 amide bonds. The van der Waals surface area contributed by atoms with E-state index in [0.717, 1.165) is 4.90 Å². The number of rotatable bonds is 6. The van der Waals surface area contributed by atoms with Crippen LogP contribution in [0.3, 0.4) is 0 Å². The van der Waals surface area contributed by atoms with Crippen LogP contribution in [0.1, 0.15) is 24.2 Å². The fraction of sp³-hybridized carbons (Fsp3) is 0.400. The average molecular weight is 419 g/mol. The molecule has 1 aromatic carbocycles. The zero-order valence-electron chi connectivity index (χ0n) is 12.5. The predicted octanol–water partition coefficient (Wildman–Crippen LogP) is 2.65. The van der Waals surface area contributed by atoms with Gasteiger partial charge in [-0.1, -0.05) is 40.8 Å². The van der Waals surface area contributed by atoms with Gasteiger partial charge in [0.05, 0.1) is 13.2 Å². The van der Waals surface area contributed by atoms with Crippen LogP contribution >= 0.6 is 22.6 Å². The van der Waals surface area contributed by atoms with Gasteiger partial charge in [-0.25, -0.2) is 14.5 Å². The number of carbonyl (C=O) groups excluding carboxylic acids is 3. The van der Waals surface area contributed by atoms with Crippen LogP contribution in [0.4, 0.5) is 4.79 Å². The number of amides is 2. The van der Waals surface area contributed by atoms with Crippen LogP contribution < -0.4 is 0 Å². The highest BCUT2D eigenvalue weighted by molar-refractivity contribution is 14.1. The second-order valence-electron chi connectivity index (χ2n) is 4.16. The largest absolute Gasteiger partial charge is 0.464 e. The molecule has 0 heterocycles. The highest BCUT2D eigenvalue weighted by atomic mass is 127. The van der Waals surface area contributed by atoms with Gasteiger partial charge in [0.1, 0.15) is 6.04 Å². The zero-order valence-corrected chi connectivity index (χ0v) is 14.6. The number of halogens is 1. The third kappa shape index (κ3) is 4.69. The predicted molar refractivity (Wildman–Crippen MR) is 88.9 cm³/mol. The zero-order chi connectivity index (χ0) is 16.5. The molecule has 0 N–H and O–H groups in total. The van der Waals surface area contributed by atoms with Crippen LogP contribution in [0.15, 0.2) is 30.3 Å². The lowest BCUT2D eigenvalue weighted by molar-refractivity contribution is -0.147. The lowest BCUT2D eigenvalue weighted by atomic mass is 10.1. The van der Waals surface area contributed by atoms with E-state index in [4.69, 9.17) is 9.47 Å². The number of alkyl halides is 1. The highest BCUT2D eigenvalue weighted by Crippen LogP contribution is 2.14. The monoisotopic (exact) mass is 419 g/mol. The highest BCUT2D eigenvalue weighted by Gasteiger charge is 2.36. The van der Waals surface area contributed by atoms with E-state index in [2.05, 4.69) is 0 Å². The summed E-state index contributed by atoms with van der Waals surface area (Å²) in [6, 6.07) is 7.24. The number of hydrogen-bond donors (Lipinski definition) is 0. The number of benzene rings is 1. The average Bonchev–Trinajstić information content (AvgIpc) is 2.53. The van der Waals surface area contributed by atoms with Gasteiger partial charge in [0, 0.05) is 9.99 Å². The van der Waals surface area contributed by atoms with Crippen molar-refractivity contribution >= 4 is 40.6 Å². The van der Waals surface area contributed by atoms with Crippen LogP contribution in [0.5, 0.6) is 0 Å². The van der Waals surface area contributed by atoms with Gasteiger partial charge in [0.15, 0.2) is 0 Å². The first-order chi connectivity index (χ1) is 10.6. The molecule has 0 aliphatic carbocycles. The maximum Gasteiger partial charge on any atom is 0.417 e. The molecule has 0 saturated heterocycles. The molecule has 120 valence electrons. The summed E-state index contributed by atoms with van der Waals surface area (Å²) in [4.78, 5) is 37.6. The molecular weight excluding hydrogens is 401 g/mol. The summed E-state index contributed by atoms with van der Waals surface area (Å²) >= 11 is 1.93. The van der Waals surface area contributed by atoms with E-state index in [-0.39, 0.29) is 17.6 Å². The topological polar surface area (TPSA) is 72.9 Å². The quantitative estimate of drug-likeness (QED) is 0.403. The Morgan fingerprint density at radius 3 is 2.18 bits per heavy atom. The number of imide groups is 1. The Labute approximate surface area is 142 Å². The van der Waals surface area contributed by atoms with Gasteiger partial charge in [0.2, 0.25) is 0 Å². The van der Waals surface area contributed by atoms with Gasteiger partial charge in [-0.05, 0) is 26.0 Å². The van der Waals surface area contributed by atoms with Crippen LogP contribution in [-0.2, 0) is 14.3 Å². The molecular formula is C15H18INO5. The second-order valence-corrected chi connectivity index (χ2v) is 5.04. The maximum atomic E-state index is 12.6. The molecule has 0 aliphatic heterocycles. The molecule has 1 atom stereocenters. The number of carbonyl (C=O) groups is 3. The fourth-order valence-electron chi connectivity index (χ4n) is 1.74. The second kappa shape index (κ2) is 9.39. The third-order valence-electron chi connectivity index (χ3n) is 2.72. The van der Waals surface area contributed by atoms with Gasteiger partial charge in [-0.15, -0.1) is 0 Å². The normalized spacial score (nSPS) is 11.4. The van der Waals surface area contributed by atoms with E-state index in [0.29, 0.717) is 5.56 Å². The van der Waals surface area contributed by atoms with Crippen LogP contribution in [-0.4, -0.2) is 46.6 Å². The molecule has 0 radical (unpaired) electrons. The van der Waals surface area contributed by atoms with Crippen LogP contribution in [0, 0.1) is 0 Å². The summed E-state index contributed by atoms with van der Waals surface area (Å²) in [6.45, 7) is 3.57. The molecule has 0 bridgehead atoms. The third-order valence-corrected chi connectivity index (χ3v) is 3.55. The lowest BCUT2D eigenvalue weighted by Crippen LogP contribution is -2.50. The van der Waals surface area contributed by atoms with E-state index in [1.165, 1.54) is 0 Å². The fourth-order valence-corrected chi connectivity index (χ4v) is 2.49. The Morgan fingerprint density at radius 2 is 1.68 bits per heavy atom. The molecule has 0 spiro atoms. The van der Waals surface area contributed by atoms with E-state index in [9.17, 15) is 14.4 Å². The molecule has 6 nitrogen and oxygen atoms in total. The van der Waals surface area contributed by atoms with Crippen molar-refractivity contribution in [2.45, 2.75) is 19.9 Å². The standard InChI is InChI=1S/C15H18INO5/c1-3-21-14(19)12(10-16)17(15(20)22-4-2)13(18)11-8-6-5-7-9-11/h5-9,12H,3-4,10H2,1-2H3/t12-/m0/s1. The van der Waals surface area contributed by atoms with Gasteiger partial charge in [-0.3, -0.25) is 4.79 Å². The van der Waals surface area contributed by atoms with Crippen molar-refractivity contribution in [3.05, 3.63) is 35.9 Å². The first kappa shape index (κ1) is 18.4. The van der Waals surface area contributed by atoms with Gasteiger partial charge in [-0.2, -0.15) is 0 Å². The maximum absolute atomic E-state index is 12.6. The molecule has 0 unspecified atom stereocenters. The Kier molecular flexibility index (Phi) is 7.86. The minimum absolute atomic E-state index is 0.105. The summed E-state index contributed by atoms with van der Waals surface area (Å²) in [7, 11) is 0. The molecule has 22 heavy (non-hydrogen) atoms. The Hall–Kier alpha value is -1.64. The van der Waals surface area contributed by atoms with Crippen molar-refractivity contribution in [2.75, 3.05) is 17.6 Å². The van der Waals surface area contributed by atoms with E-state index in [1.807, 2.05) is 22.6 Å². The summed E-state index contributed by atoms with van der Waals surface area (Å²) < 4.78 is 10.1. The smallest absolute Gasteiger partial charge is 0.417 e. The minimum atomic E-state index is -1.02. The van der Waals surface area contributed by atoms with E-state index in [1.54, 1.807) is 44.2 Å². The first-order valence-corrected chi connectivity index (χ1v) is 8.37. The van der Waals surface area contributed by atoms with Crippen molar-refractivity contribution < 1.29 is 23.9 Å². The number of hydrogen-bond acceptors (Lipinski definition) is 5. The van der Waals surface area contributed by atoms with E-state index >= 15 is 0 Å². The molecule has 1 rings (SSSR count). The number of ether oxygens (including phenoxy) is 2. The van der Waals surface area contributed by atoms with Crippen molar-refractivity contribution in [3.8, 4) is 0 Å². The Bertz CT molecular complexity index is 520.